The lowest BCUT2D eigenvalue weighted by Crippen LogP contribution is -2.23. The van der Waals surface area contributed by atoms with Crippen molar-refractivity contribution in [2.24, 2.45) is 4.99 Å². The van der Waals surface area contributed by atoms with Crippen LogP contribution in [0.15, 0.2) is 52.1 Å². The number of amides is 1. The highest BCUT2D eigenvalue weighted by molar-refractivity contribution is 6.31. The second-order valence-electron chi connectivity index (χ2n) is 5.45. The molecule has 0 radical (unpaired) electrons. The minimum absolute atomic E-state index is 0.0570. The number of benzene rings is 2. The number of rotatable bonds is 4. The van der Waals surface area contributed by atoms with Crippen LogP contribution in [0.4, 0.5) is 15.9 Å². The number of hydroxylamine groups is 1. The zero-order chi connectivity index (χ0) is 19.4. The highest BCUT2D eigenvalue weighted by atomic mass is 35.5. The first-order valence-corrected chi connectivity index (χ1v) is 8.00. The zero-order valence-corrected chi connectivity index (χ0v) is 14.7. The molecule has 0 bridgehead atoms. The molecule has 0 aliphatic heterocycles. The minimum atomic E-state index is -0.608. The lowest BCUT2D eigenvalue weighted by atomic mass is 10.1. The average molecular weight is 390 g/mol. The number of hydrogen-bond donors (Lipinski definition) is 3. The predicted molar refractivity (Wildman–Crippen MR) is 96.0 cm³/mol. The van der Waals surface area contributed by atoms with Crippen molar-refractivity contribution in [2.75, 3.05) is 5.32 Å². The van der Waals surface area contributed by atoms with E-state index in [1.807, 2.05) is 12.4 Å². The molecule has 1 amide bonds. The molecular weight excluding hydrogens is 377 g/mol. The molecule has 1 heterocycles. The van der Waals surface area contributed by atoms with Crippen molar-refractivity contribution in [3.8, 4) is 0 Å². The van der Waals surface area contributed by atoms with Crippen LogP contribution in [0, 0.1) is 12.7 Å². The molecule has 0 saturated heterocycles. The Balaban J connectivity index is 1.87. The summed E-state index contributed by atoms with van der Waals surface area (Å²) in [4.78, 5) is 16.4. The Labute approximate surface area is 157 Å². The van der Waals surface area contributed by atoms with E-state index in [1.54, 1.807) is 24.3 Å². The standard InChI is InChI=1S/C17H13ClFN5O3/c1-9-2-4-10(5-3-9)17(25)21-16-14(23-27-24-16)15(22-26)20-11-6-7-13(19)12(18)8-11/h2-8,26H,1H3,(H,20,22)(H,21,24,25). The lowest BCUT2D eigenvalue weighted by Gasteiger charge is -2.05. The quantitative estimate of drug-likeness (QED) is 0.357. The largest absolute Gasteiger partial charge is 0.302 e. The molecule has 0 spiro atoms. The first-order valence-electron chi connectivity index (χ1n) is 7.62. The SMILES string of the molecule is Cc1ccc(C(=O)Nc2nonc2C(=Nc2ccc(F)c(Cl)c2)NO)cc1. The molecule has 8 nitrogen and oxygen atoms in total. The number of anilines is 1. The van der Waals surface area contributed by atoms with E-state index < -0.39 is 11.7 Å². The molecule has 2 aromatic carbocycles. The van der Waals surface area contributed by atoms with Gasteiger partial charge in [-0.2, -0.15) is 0 Å². The topological polar surface area (TPSA) is 113 Å². The molecule has 0 atom stereocenters. The fourth-order valence-electron chi connectivity index (χ4n) is 2.13. The van der Waals surface area contributed by atoms with Crippen molar-refractivity contribution in [3.05, 3.63) is 70.1 Å². The fraction of sp³-hybridized carbons (Fsp3) is 0.0588. The van der Waals surface area contributed by atoms with Gasteiger partial charge in [-0.05, 0) is 47.6 Å². The highest BCUT2D eigenvalue weighted by Gasteiger charge is 2.19. The number of carbonyl (C=O) groups is 1. The third kappa shape index (κ3) is 4.27. The molecule has 1 aromatic heterocycles. The summed E-state index contributed by atoms with van der Waals surface area (Å²) in [6.07, 6.45) is 0. The van der Waals surface area contributed by atoms with Crippen molar-refractivity contribution >= 4 is 34.8 Å². The maximum absolute atomic E-state index is 13.3. The van der Waals surface area contributed by atoms with E-state index in [9.17, 15) is 14.4 Å². The van der Waals surface area contributed by atoms with Crippen LogP contribution < -0.4 is 10.8 Å². The van der Waals surface area contributed by atoms with Crippen LogP contribution in [0.3, 0.4) is 0 Å². The van der Waals surface area contributed by atoms with Crippen molar-refractivity contribution < 1.29 is 19.0 Å². The van der Waals surface area contributed by atoms with Gasteiger partial charge in [-0.15, -0.1) is 0 Å². The number of hydrogen-bond acceptors (Lipinski definition) is 6. The van der Waals surface area contributed by atoms with Gasteiger partial charge in [-0.1, -0.05) is 29.3 Å². The molecule has 10 heteroatoms. The summed E-state index contributed by atoms with van der Waals surface area (Å²) < 4.78 is 17.9. The number of amidine groups is 1. The molecule has 138 valence electrons. The fourth-order valence-corrected chi connectivity index (χ4v) is 2.30. The normalized spacial score (nSPS) is 11.3. The minimum Gasteiger partial charge on any atom is -0.302 e. The second kappa shape index (κ2) is 7.94. The smallest absolute Gasteiger partial charge is 0.256 e. The third-order valence-corrected chi connectivity index (χ3v) is 3.80. The van der Waals surface area contributed by atoms with E-state index in [-0.39, 0.29) is 28.1 Å². The van der Waals surface area contributed by atoms with Crippen LogP contribution >= 0.6 is 11.6 Å². The lowest BCUT2D eigenvalue weighted by molar-refractivity contribution is 0.102. The second-order valence-corrected chi connectivity index (χ2v) is 5.86. The number of nitrogens with zero attached hydrogens (tertiary/aromatic N) is 3. The van der Waals surface area contributed by atoms with Gasteiger partial charge in [0.05, 0.1) is 10.7 Å². The van der Waals surface area contributed by atoms with Gasteiger partial charge in [-0.3, -0.25) is 15.5 Å². The molecule has 0 unspecified atom stereocenters. The molecule has 0 saturated carbocycles. The van der Waals surface area contributed by atoms with Crippen molar-refractivity contribution in [1.82, 2.24) is 15.8 Å². The molecular formula is C17H13ClFN5O3. The summed E-state index contributed by atoms with van der Waals surface area (Å²) in [7, 11) is 0. The van der Waals surface area contributed by atoms with Crippen LogP contribution in [0.5, 0.6) is 0 Å². The Morgan fingerprint density at radius 1 is 1.22 bits per heavy atom. The van der Waals surface area contributed by atoms with Crippen molar-refractivity contribution in [3.63, 3.8) is 0 Å². The number of aryl methyl sites for hydroxylation is 1. The van der Waals surface area contributed by atoms with Crippen molar-refractivity contribution in [2.45, 2.75) is 6.92 Å². The Bertz CT molecular complexity index is 1000. The summed E-state index contributed by atoms with van der Waals surface area (Å²) >= 11 is 5.71. The number of carbonyl (C=O) groups excluding carboxylic acids is 1. The van der Waals surface area contributed by atoms with Crippen LogP contribution in [0.25, 0.3) is 0 Å². The molecule has 27 heavy (non-hydrogen) atoms. The van der Waals surface area contributed by atoms with Crippen LogP contribution in [0.2, 0.25) is 5.02 Å². The van der Waals surface area contributed by atoms with Gasteiger partial charge >= 0.3 is 0 Å². The monoisotopic (exact) mass is 389 g/mol. The van der Waals surface area contributed by atoms with Crippen LogP contribution in [0.1, 0.15) is 21.6 Å². The van der Waals surface area contributed by atoms with Crippen LogP contribution in [-0.2, 0) is 0 Å². The maximum atomic E-state index is 13.3. The highest BCUT2D eigenvalue weighted by Crippen LogP contribution is 2.23. The van der Waals surface area contributed by atoms with Gasteiger partial charge in [-0.25, -0.2) is 14.0 Å². The molecule has 3 rings (SSSR count). The molecule has 3 aromatic rings. The first kappa shape index (κ1) is 18.5. The summed E-state index contributed by atoms with van der Waals surface area (Å²) in [5.41, 5.74) is 3.43. The third-order valence-electron chi connectivity index (χ3n) is 3.51. The first-order chi connectivity index (χ1) is 13.0. The van der Waals surface area contributed by atoms with Gasteiger partial charge < -0.3 is 5.32 Å². The van der Waals surface area contributed by atoms with E-state index >= 15 is 0 Å². The Kier molecular flexibility index (Phi) is 5.43. The van der Waals surface area contributed by atoms with E-state index in [0.29, 0.717) is 5.56 Å². The Morgan fingerprint density at radius 3 is 2.63 bits per heavy atom. The average Bonchev–Trinajstić information content (AvgIpc) is 3.11. The Hall–Kier alpha value is -3.30. The molecule has 0 fully saturated rings. The summed E-state index contributed by atoms with van der Waals surface area (Å²) in [6.45, 7) is 1.90. The summed E-state index contributed by atoms with van der Waals surface area (Å²) in [5, 5.41) is 19.0. The number of aliphatic imine (C=N–C) groups is 1. The number of halogens is 2. The molecule has 0 aliphatic carbocycles. The number of nitrogens with one attached hydrogen (secondary N) is 2. The van der Waals surface area contributed by atoms with E-state index in [2.05, 4.69) is 25.3 Å². The predicted octanol–water partition coefficient (Wildman–Crippen LogP) is 3.48. The zero-order valence-electron chi connectivity index (χ0n) is 13.9. The molecule has 0 aliphatic rings. The number of aromatic nitrogens is 2. The van der Waals surface area contributed by atoms with E-state index in [0.717, 1.165) is 11.6 Å². The summed E-state index contributed by atoms with van der Waals surface area (Å²) in [6, 6.07) is 10.6. The maximum Gasteiger partial charge on any atom is 0.256 e. The Morgan fingerprint density at radius 2 is 1.96 bits per heavy atom. The van der Waals surface area contributed by atoms with Gasteiger partial charge in [0.15, 0.2) is 11.5 Å². The van der Waals surface area contributed by atoms with Gasteiger partial charge in [0.25, 0.3) is 5.91 Å². The van der Waals surface area contributed by atoms with Gasteiger partial charge in [0.1, 0.15) is 5.82 Å². The van der Waals surface area contributed by atoms with Gasteiger partial charge in [0.2, 0.25) is 5.82 Å². The molecule has 3 N–H and O–H groups in total. The van der Waals surface area contributed by atoms with Gasteiger partial charge in [0, 0.05) is 5.56 Å². The van der Waals surface area contributed by atoms with E-state index in [4.69, 9.17) is 11.6 Å². The van der Waals surface area contributed by atoms with Crippen molar-refractivity contribution in [1.29, 1.82) is 0 Å². The van der Waals surface area contributed by atoms with E-state index in [1.165, 1.54) is 12.1 Å². The summed E-state index contributed by atoms with van der Waals surface area (Å²) in [5.74, 6) is -1.30. The van der Waals surface area contributed by atoms with Crippen LogP contribution in [-0.4, -0.2) is 27.3 Å².